The fraction of sp³-hybridized carbons (Fsp3) is 0.118. The first kappa shape index (κ1) is 15.6. The van der Waals surface area contributed by atoms with E-state index in [0.717, 1.165) is 11.4 Å². The Morgan fingerprint density at radius 2 is 1.73 bits per heavy atom. The standard InChI is InChI=1S/C17H17FN2O2/c1-2-11-22-16-9-7-14(8-10-16)19-12-17(21)20-15-5-3-13(18)4-6-15/h2-10,19H,1,11-12H2,(H,20,21). The van der Waals surface area contributed by atoms with Gasteiger partial charge in [0.05, 0.1) is 6.54 Å². The van der Waals surface area contributed by atoms with Gasteiger partial charge in [-0.3, -0.25) is 4.79 Å². The van der Waals surface area contributed by atoms with E-state index in [4.69, 9.17) is 4.74 Å². The van der Waals surface area contributed by atoms with Crippen LogP contribution in [0.2, 0.25) is 0 Å². The SMILES string of the molecule is C=CCOc1ccc(NCC(=O)Nc2ccc(F)cc2)cc1. The number of rotatable bonds is 7. The van der Waals surface area contributed by atoms with Gasteiger partial charge in [-0.2, -0.15) is 0 Å². The van der Waals surface area contributed by atoms with Crippen LogP contribution in [0.1, 0.15) is 0 Å². The molecule has 2 N–H and O–H groups in total. The summed E-state index contributed by atoms with van der Waals surface area (Å²) in [5.41, 5.74) is 1.36. The molecule has 0 unspecified atom stereocenters. The Labute approximate surface area is 128 Å². The Hall–Kier alpha value is -2.82. The largest absolute Gasteiger partial charge is 0.490 e. The predicted molar refractivity (Wildman–Crippen MR) is 85.7 cm³/mol. The molecule has 0 spiro atoms. The summed E-state index contributed by atoms with van der Waals surface area (Å²) in [6.45, 7) is 4.15. The molecule has 0 radical (unpaired) electrons. The summed E-state index contributed by atoms with van der Waals surface area (Å²) in [5.74, 6) is 0.190. The first-order valence-corrected chi connectivity index (χ1v) is 6.80. The molecule has 22 heavy (non-hydrogen) atoms. The molecule has 2 aromatic carbocycles. The Bertz CT molecular complexity index is 624. The van der Waals surface area contributed by atoms with Crippen molar-refractivity contribution >= 4 is 17.3 Å². The van der Waals surface area contributed by atoms with Crippen molar-refractivity contribution in [2.75, 3.05) is 23.8 Å². The molecule has 4 nitrogen and oxygen atoms in total. The van der Waals surface area contributed by atoms with E-state index in [1.54, 1.807) is 6.08 Å². The van der Waals surface area contributed by atoms with Crippen LogP contribution < -0.4 is 15.4 Å². The van der Waals surface area contributed by atoms with Crippen LogP contribution in [0, 0.1) is 5.82 Å². The zero-order valence-corrected chi connectivity index (χ0v) is 12.0. The fourth-order valence-electron chi connectivity index (χ4n) is 1.74. The van der Waals surface area contributed by atoms with Crippen LogP contribution in [0.5, 0.6) is 5.75 Å². The number of halogens is 1. The van der Waals surface area contributed by atoms with Crippen molar-refractivity contribution in [3.8, 4) is 5.75 Å². The molecule has 0 saturated heterocycles. The molecule has 114 valence electrons. The fourth-order valence-corrected chi connectivity index (χ4v) is 1.74. The summed E-state index contributed by atoms with van der Waals surface area (Å²) in [7, 11) is 0. The van der Waals surface area contributed by atoms with E-state index in [1.165, 1.54) is 24.3 Å². The molecule has 0 aliphatic heterocycles. The Morgan fingerprint density at radius 3 is 2.36 bits per heavy atom. The number of carbonyl (C=O) groups is 1. The van der Waals surface area contributed by atoms with Crippen molar-refractivity contribution < 1.29 is 13.9 Å². The molecule has 0 aliphatic carbocycles. The summed E-state index contributed by atoms with van der Waals surface area (Å²) in [6, 6.07) is 12.9. The van der Waals surface area contributed by atoms with Crippen LogP contribution in [-0.4, -0.2) is 19.1 Å². The third-order valence-corrected chi connectivity index (χ3v) is 2.80. The van der Waals surface area contributed by atoms with Gasteiger partial charge >= 0.3 is 0 Å². The van der Waals surface area contributed by atoms with E-state index in [0.29, 0.717) is 12.3 Å². The number of benzene rings is 2. The van der Waals surface area contributed by atoms with Crippen LogP contribution in [0.15, 0.2) is 61.2 Å². The van der Waals surface area contributed by atoms with Crippen molar-refractivity contribution in [3.05, 3.63) is 67.0 Å². The third kappa shape index (κ3) is 4.94. The van der Waals surface area contributed by atoms with Crippen molar-refractivity contribution in [1.29, 1.82) is 0 Å². The lowest BCUT2D eigenvalue weighted by Gasteiger charge is -2.09. The second kappa shape index (κ2) is 7.83. The number of amides is 1. The molecule has 0 atom stereocenters. The highest BCUT2D eigenvalue weighted by Gasteiger charge is 2.02. The minimum Gasteiger partial charge on any atom is -0.490 e. The Kier molecular flexibility index (Phi) is 5.54. The van der Waals surface area contributed by atoms with Gasteiger partial charge < -0.3 is 15.4 Å². The van der Waals surface area contributed by atoms with Crippen LogP contribution in [0.3, 0.4) is 0 Å². The van der Waals surface area contributed by atoms with Gasteiger partial charge in [-0.1, -0.05) is 12.7 Å². The molecule has 0 saturated carbocycles. The average molecular weight is 300 g/mol. The number of hydrogen-bond acceptors (Lipinski definition) is 3. The van der Waals surface area contributed by atoms with Gasteiger partial charge in [-0.05, 0) is 48.5 Å². The molecule has 2 aromatic rings. The number of carbonyl (C=O) groups excluding carboxylic acids is 1. The maximum atomic E-state index is 12.8. The first-order valence-electron chi connectivity index (χ1n) is 6.80. The van der Waals surface area contributed by atoms with E-state index < -0.39 is 0 Å². The minimum atomic E-state index is -0.338. The number of hydrogen-bond donors (Lipinski definition) is 2. The molecule has 2 rings (SSSR count). The normalized spacial score (nSPS) is 9.86. The van der Waals surface area contributed by atoms with Crippen molar-refractivity contribution in [1.82, 2.24) is 0 Å². The van der Waals surface area contributed by atoms with E-state index in [9.17, 15) is 9.18 Å². The third-order valence-electron chi connectivity index (χ3n) is 2.80. The molecular weight excluding hydrogens is 283 g/mol. The van der Waals surface area contributed by atoms with Gasteiger partial charge in [0, 0.05) is 11.4 Å². The predicted octanol–water partition coefficient (Wildman–Crippen LogP) is 3.44. The summed E-state index contributed by atoms with van der Waals surface area (Å²) >= 11 is 0. The zero-order chi connectivity index (χ0) is 15.8. The van der Waals surface area contributed by atoms with Crippen LogP contribution in [0.25, 0.3) is 0 Å². The quantitative estimate of drug-likeness (QED) is 0.770. The summed E-state index contributed by atoms with van der Waals surface area (Å²) in [6.07, 6.45) is 1.67. The number of ether oxygens (including phenoxy) is 1. The minimum absolute atomic E-state index is 0.115. The Morgan fingerprint density at radius 1 is 1.09 bits per heavy atom. The average Bonchev–Trinajstić information content (AvgIpc) is 2.54. The molecule has 1 amide bonds. The second-order valence-corrected chi connectivity index (χ2v) is 4.53. The van der Waals surface area contributed by atoms with E-state index >= 15 is 0 Å². The lowest BCUT2D eigenvalue weighted by Crippen LogP contribution is -2.21. The number of anilines is 2. The van der Waals surface area contributed by atoms with Gasteiger partial charge in [-0.25, -0.2) is 4.39 Å². The van der Waals surface area contributed by atoms with Gasteiger partial charge in [-0.15, -0.1) is 0 Å². The number of nitrogens with one attached hydrogen (secondary N) is 2. The van der Waals surface area contributed by atoms with Gasteiger partial charge in [0.2, 0.25) is 5.91 Å². The Balaban J connectivity index is 1.80. The smallest absolute Gasteiger partial charge is 0.243 e. The van der Waals surface area contributed by atoms with E-state index in [-0.39, 0.29) is 18.3 Å². The van der Waals surface area contributed by atoms with E-state index in [1.807, 2.05) is 24.3 Å². The van der Waals surface area contributed by atoms with Crippen molar-refractivity contribution in [2.24, 2.45) is 0 Å². The molecule has 0 bridgehead atoms. The second-order valence-electron chi connectivity index (χ2n) is 4.53. The molecule has 5 heteroatoms. The molecule has 0 aliphatic rings. The summed E-state index contributed by atoms with van der Waals surface area (Å²) < 4.78 is 18.1. The highest BCUT2D eigenvalue weighted by molar-refractivity contribution is 5.93. The van der Waals surface area contributed by atoms with Gasteiger partial charge in [0.1, 0.15) is 18.2 Å². The van der Waals surface area contributed by atoms with E-state index in [2.05, 4.69) is 17.2 Å². The highest BCUT2D eigenvalue weighted by atomic mass is 19.1. The van der Waals surface area contributed by atoms with Crippen LogP contribution >= 0.6 is 0 Å². The molecular formula is C17H17FN2O2. The maximum absolute atomic E-state index is 12.8. The highest BCUT2D eigenvalue weighted by Crippen LogP contribution is 2.15. The summed E-state index contributed by atoms with van der Waals surface area (Å²) in [5, 5.41) is 5.67. The van der Waals surface area contributed by atoms with Crippen molar-refractivity contribution in [2.45, 2.75) is 0 Å². The summed E-state index contributed by atoms with van der Waals surface area (Å²) in [4.78, 5) is 11.8. The van der Waals surface area contributed by atoms with Crippen molar-refractivity contribution in [3.63, 3.8) is 0 Å². The van der Waals surface area contributed by atoms with Gasteiger partial charge in [0.25, 0.3) is 0 Å². The monoisotopic (exact) mass is 300 g/mol. The van der Waals surface area contributed by atoms with Crippen LogP contribution in [-0.2, 0) is 4.79 Å². The topological polar surface area (TPSA) is 50.4 Å². The first-order chi connectivity index (χ1) is 10.7. The lowest BCUT2D eigenvalue weighted by atomic mass is 10.3. The lowest BCUT2D eigenvalue weighted by molar-refractivity contribution is -0.114. The molecule has 0 aromatic heterocycles. The van der Waals surface area contributed by atoms with Crippen LogP contribution in [0.4, 0.5) is 15.8 Å². The van der Waals surface area contributed by atoms with Gasteiger partial charge in [0.15, 0.2) is 0 Å². The molecule has 0 fully saturated rings. The molecule has 0 heterocycles. The maximum Gasteiger partial charge on any atom is 0.243 e. The zero-order valence-electron chi connectivity index (χ0n) is 12.0.